The van der Waals surface area contributed by atoms with Crippen LogP contribution in [0.25, 0.3) is 0 Å². The SMILES string of the molecule is CCCCCCCCCCCC(O)CCS(=O)(=O)[O-].[K+]. The average molecular weight is 333 g/mol. The van der Waals surface area contributed by atoms with Crippen LogP contribution in [0, 0.1) is 0 Å². The van der Waals surface area contributed by atoms with Crippen LogP contribution in [-0.4, -0.2) is 29.9 Å². The van der Waals surface area contributed by atoms with Crippen molar-refractivity contribution < 1.29 is 69.5 Å². The van der Waals surface area contributed by atoms with Gasteiger partial charge in [-0.05, 0) is 12.8 Å². The van der Waals surface area contributed by atoms with Crippen LogP contribution >= 0.6 is 0 Å². The van der Waals surface area contributed by atoms with Crippen LogP contribution in [0.15, 0.2) is 0 Å². The number of rotatable bonds is 13. The van der Waals surface area contributed by atoms with Crippen molar-refractivity contribution >= 4 is 10.1 Å². The van der Waals surface area contributed by atoms with Crippen LogP contribution in [-0.2, 0) is 10.1 Å². The van der Waals surface area contributed by atoms with Crippen molar-refractivity contribution in [2.75, 3.05) is 5.75 Å². The molecule has 0 aliphatic rings. The van der Waals surface area contributed by atoms with E-state index in [0.29, 0.717) is 6.42 Å². The van der Waals surface area contributed by atoms with Crippen LogP contribution < -0.4 is 51.4 Å². The molecule has 0 aromatic carbocycles. The maximum atomic E-state index is 10.4. The average Bonchev–Trinajstić information content (AvgIpc) is 2.33. The molecule has 0 aliphatic heterocycles. The Morgan fingerprint density at radius 2 is 1.35 bits per heavy atom. The van der Waals surface area contributed by atoms with Crippen molar-refractivity contribution in [3.05, 3.63) is 0 Å². The fourth-order valence-corrected chi connectivity index (χ4v) is 2.68. The molecule has 0 heterocycles. The quantitative estimate of drug-likeness (QED) is 0.297. The zero-order valence-electron chi connectivity index (χ0n) is 13.1. The molecule has 1 unspecified atom stereocenters. The predicted molar refractivity (Wildman–Crippen MR) is 77.0 cm³/mol. The van der Waals surface area contributed by atoms with Crippen LogP contribution in [0.5, 0.6) is 0 Å². The van der Waals surface area contributed by atoms with E-state index in [1.165, 1.54) is 44.9 Å². The molecule has 1 atom stereocenters. The van der Waals surface area contributed by atoms with Crippen LogP contribution in [0.2, 0.25) is 0 Å². The van der Waals surface area contributed by atoms with Gasteiger partial charge in [0.1, 0.15) is 0 Å². The summed E-state index contributed by atoms with van der Waals surface area (Å²) in [7, 11) is -4.18. The third-order valence-corrected chi connectivity index (χ3v) is 4.08. The zero-order valence-corrected chi connectivity index (χ0v) is 17.1. The molecule has 116 valence electrons. The molecule has 0 fully saturated rings. The van der Waals surface area contributed by atoms with E-state index in [9.17, 15) is 18.1 Å². The van der Waals surface area contributed by atoms with Gasteiger partial charge in [-0.25, -0.2) is 8.42 Å². The molecular formula is C14H29KO4S. The second-order valence-corrected chi connectivity index (χ2v) is 6.85. The Morgan fingerprint density at radius 1 is 0.900 bits per heavy atom. The van der Waals surface area contributed by atoms with Gasteiger partial charge in [0, 0.05) is 5.75 Å². The first kappa shape index (κ1) is 23.8. The molecule has 0 amide bonds. The molecule has 0 aromatic heterocycles. The first-order valence-electron chi connectivity index (χ1n) is 7.57. The minimum atomic E-state index is -4.18. The number of hydrogen-bond donors (Lipinski definition) is 1. The van der Waals surface area contributed by atoms with Gasteiger partial charge in [-0.15, -0.1) is 0 Å². The number of aliphatic hydroxyl groups excluding tert-OH is 1. The van der Waals surface area contributed by atoms with Crippen molar-refractivity contribution in [1.29, 1.82) is 0 Å². The minimum Gasteiger partial charge on any atom is -0.748 e. The van der Waals surface area contributed by atoms with Crippen molar-refractivity contribution in [2.24, 2.45) is 0 Å². The van der Waals surface area contributed by atoms with Crippen LogP contribution in [0.4, 0.5) is 0 Å². The van der Waals surface area contributed by atoms with E-state index >= 15 is 0 Å². The summed E-state index contributed by atoms with van der Waals surface area (Å²) in [4.78, 5) is 0. The van der Waals surface area contributed by atoms with E-state index in [1.54, 1.807) is 0 Å². The van der Waals surface area contributed by atoms with Gasteiger partial charge in [0.2, 0.25) is 0 Å². The van der Waals surface area contributed by atoms with Gasteiger partial charge in [-0.1, -0.05) is 64.7 Å². The van der Waals surface area contributed by atoms with Gasteiger partial charge in [0.25, 0.3) is 0 Å². The first-order valence-corrected chi connectivity index (χ1v) is 9.15. The van der Waals surface area contributed by atoms with Crippen molar-refractivity contribution in [3.63, 3.8) is 0 Å². The van der Waals surface area contributed by atoms with E-state index in [0.717, 1.165) is 12.8 Å². The van der Waals surface area contributed by atoms with E-state index < -0.39 is 22.0 Å². The smallest absolute Gasteiger partial charge is 0.748 e. The molecule has 6 heteroatoms. The molecule has 0 aliphatic carbocycles. The molecule has 0 spiro atoms. The van der Waals surface area contributed by atoms with Crippen LogP contribution in [0.3, 0.4) is 0 Å². The monoisotopic (exact) mass is 332 g/mol. The Hall–Kier alpha value is 1.51. The van der Waals surface area contributed by atoms with E-state index in [4.69, 9.17) is 0 Å². The molecule has 4 nitrogen and oxygen atoms in total. The number of aliphatic hydroxyl groups is 1. The summed E-state index contributed by atoms with van der Waals surface area (Å²) in [5, 5.41) is 9.51. The Balaban J connectivity index is 0. The normalized spacial score (nSPS) is 12.9. The summed E-state index contributed by atoms with van der Waals surface area (Å²) < 4.78 is 31.2. The third kappa shape index (κ3) is 19.5. The molecule has 0 bridgehead atoms. The molecule has 0 saturated heterocycles. The Bertz CT molecular complexity index is 294. The number of hydrogen-bond acceptors (Lipinski definition) is 4. The standard InChI is InChI=1S/C14H30O4S.K/c1-2-3-4-5-6-7-8-9-10-11-14(15)12-13-19(16,17)18;/h14-15H,2-13H2,1H3,(H,16,17,18);/q;+1/p-1. The van der Waals surface area contributed by atoms with Crippen LogP contribution in [0.1, 0.15) is 77.6 Å². The fourth-order valence-electron chi connectivity index (χ4n) is 2.12. The van der Waals surface area contributed by atoms with Gasteiger partial charge in [0.05, 0.1) is 16.2 Å². The fraction of sp³-hybridized carbons (Fsp3) is 1.00. The second kappa shape index (κ2) is 15.4. The van der Waals surface area contributed by atoms with Gasteiger partial charge >= 0.3 is 51.4 Å². The summed E-state index contributed by atoms with van der Waals surface area (Å²) in [5.74, 6) is -0.453. The Labute approximate surface area is 167 Å². The van der Waals surface area contributed by atoms with Gasteiger partial charge in [-0.3, -0.25) is 0 Å². The molecule has 0 aromatic rings. The molecule has 0 rings (SSSR count). The second-order valence-electron chi connectivity index (χ2n) is 5.32. The van der Waals surface area contributed by atoms with Crippen molar-refractivity contribution in [2.45, 2.75) is 83.7 Å². The van der Waals surface area contributed by atoms with Crippen molar-refractivity contribution in [1.82, 2.24) is 0 Å². The zero-order chi connectivity index (χ0) is 14.6. The van der Waals surface area contributed by atoms with E-state index in [2.05, 4.69) is 6.92 Å². The van der Waals surface area contributed by atoms with Gasteiger partial charge in [-0.2, -0.15) is 0 Å². The first-order chi connectivity index (χ1) is 8.95. The molecule has 0 saturated carbocycles. The molecule has 20 heavy (non-hydrogen) atoms. The Morgan fingerprint density at radius 3 is 1.80 bits per heavy atom. The summed E-state index contributed by atoms with van der Waals surface area (Å²) >= 11 is 0. The predicted octanol–water partition coefficient (Wildman–Crippen LogP) is 0.208. The maximum absolute atomic E-state index is 10.4. The molecule has 1 N–H and O–H groups in total. The van der Waals surface area contributed by atoms with E-state index in [1.807, 2.05) is 0 Å². The molecular weight excluding hydrogens is 303 g/mol. The molecule has 0 radical (unpaired) electrons. The number of unbranched alkanes of at least 4 members (excludes halogenated alkanes) is 8. The third-order valence-electron chi connectivity index (χ3n) is 3.34. The maximum Gasteiger partial charge on any atom is 1.00 e. The largest absolute Gasteiger partial charge is 1.00 e. The van der Waals surface area contributed by atoms with Crippen molar-refractivity contribution in [3.8, 4) is 0 Å². The van der Waals surface area contributed by atoms with E-state index in [-0.39, 0.29) is 57.8 Å². The minimum absolute atomic E-state index is 0. The summed E-state index contributed by atoms with van der Waals surface area (Å²) in [6.45, 7) is 2.21. The van der Waals surface area contributed by atoms with Gasteiger partial charge in [0.15, 0.2) is 0 Å². The summed E-state index contributed by atoms with van der Waals surface area (Å²) in [6.07, 6.45) is 11.0. The summed E-state index contributed by atoms with van der Waals surface area (Å²) in [6, 6.07) is 0. The topological polar surface area (TPSA) is 77.4 Å². The summed E-state index contributed by atoms with van der Waals surface area (Å²) in [5.41, 5.74) is 0. The Kier molecular flexibility index (Phi) is 18.3. The van der Waals surface area contributed by atoms with Gasteiger partial charge < -0.3 is 9.66 Å².